The normalized spacial score (nSPS) is 19.0. The zero-order chi connectivity index (χ0) is 18.2. The van der Waals surface area contributed by atoms with Gasteiger partial charge in [-0.2, -0.15) is 0 Å². The molecule has 0 aromatic heterocycles. The quantitative estimate of drug-likeness (QED) is 0.730. The van der Waals surface area contributed by atoms with Gasteiger partial charge in [0.2, 0.25) is 5.91 Å². The molecular weight excluding hydrogens is 312 g/mol. The molecule has 0 radical (unpaired) electrons. The third-order valence-electron chi connectivity index (χ3n) is 3.55. The minimum absolute atomic E-state index is 0.0178. The molecule has 132 valence electrons. The molecule has 0 aliphatic carbocycles. The number of nitrogens with two attached hydrogens (primary N) is 1. The van der Waals surface area contributed by atoms with Crippen LogP contribution in [0.5, 0.6) is 0 Å². The number of primary amides is 1. The zero-order valence-corrected chi connectivity index (χ0v) is 14.0. The first-order chi connectivity index (χ1) is 11.2. The molecule has 0 saturated carbocycles. The first-order valence-electron chi connectivity index (χ1n) is 7.76. The van der Waals surface area contributed by atoms with Gasteiger partial charge >= 0.3 is 12.1 Å². The number of amides is 2. The van der Waals surface area contributed by atoms with Crippen LogP contribution in [0.25, 0.3) is 0 Å². The molecule has 0 spiro atoms. The summed E-state index contributed by atoms with van der Waals surface area (Å²) < 4.78 is 4.75. The molecule has 1 atom stereocenters. The molecule has 1 aliphatic heterocycles. The standard InChI is InChI=1S/C11H12N2O3.C6H12O2/c12-9(14)11(7-16-10(15)13-11)6-8-4-2-1-3-5-8;1-5(2)3-4-6(7)8/h1-5H,6-7H2,(H2,12,14)(H,13,15);5H,3-4H2,1-2H3,(H,7,8)/t11-;/m0./s1. The molecule has 2 rings (SSSR count). The summed E-state index contributed by atoms with van der Waals surface area (Å²) in [6, 6.07) is 9.35. The smallest absolute Gasteiger partial charge is 0.408 e. The van der Waals surface area contributed by atoms with Crippen molar-refractivity contribution in [1.29, 1.82) is 0 Å². The third-order valence-corrected chi connectivity index (χ3v) is 3.55. The van der Waals surface area contributed by atoms with E-state index in [1.54, 1.807) is 0 Å². The molecule has 4 N–H and O–H groups in total. The first kappa shape index (κ1) is 19.5. The van der Waals surface area contributed by atoms with Gasteiger partial charge in [0.05, 0.1) is 0 Å². The van der Waals surface area contributed by atoms with Crippen molar-refractivity contribution in [3.05, 3.63) is 35.9 Å². The van der Waals surface area contributed by atoms with Gasteiger partial charge in [0.1, 0.15) is 6.61 Å². The highest BCUT2D eigenvalue weighted by molar-refractivity contribution is 5.91. The summed E-state index contributed by atoms with van der Waals surface area (Å²) in [4.78, 5) is 32.3. The van der Waals surface area contributed by atoms with Crippen LogP contribution < -0.4 is 11.1 Å². The number of hydrogen-bond acceptors (Lipinski definition) is 4. The van der Waals surface area contributed by atoms with E-state index in [-0.39, 0.29) is 6.61 Å². The Balaban J connectivity index is 0.000000307. The monoisotopic (exact) mass is 336 g/mol. The molecule has 1 fully saturated rings. The molecule has 7 heteroatoms. The van der Waals surface area contributed by atoms with Gasteiger partial charge in [0.15, 0.2) is 5.54 Å². The maximum absolute atomic E-state index is 11.4. The Morgan fingerprint density at radius 1 is 1.33 bits per heavy atom. The number of alkyl carbamates (subject to hydrolysis) is 1. The van der Waals surface area contributed by atoms with Crippen LogP contribution in [0, 0.1) is 5.92 Å². The summed E-state index contributed by atoms with van der Waals surface area (Å²) in [7, 11) is 0. The molecule has 1 aliphatic rings. The van der Waals surface area contributed by atoms with E-state index in [4.69, 9.17) is 15.6 Å². The second-order valence-electron chi connectivity index (χ2n) is 6.14. The predicted octanol–water partition coefficient (Wildman–Crippen LogP) is 1.70. The lowest BCUT2D eigenvalue weighted by Gasteiger charge is -2.22. The number of rotatable bonds is 6. The number of carboxylic acids is 1. The number of carboxylic acid groups (broad SMARTS) is 1. The maximum Gasteiger partial charge on any atom is 0.408 e. The summed E-state index contributed by atoms with van der Waals surface area (Å²) in [6.45, 7) is 4.02. The number of benzene rings is 1. The van der Waals surface area contributed by atoms with Crippen LogP contribution in [-0.4, -0.2) is 35.2 Å². The number of carbonyl (C=O) groups is 3. The van der Waals surface area contributed by atoms with Crippen molar-refractivity contribution in [2.24, 2.45) is 11.7 Å². The Kier molecular flexibility index (Phi) is 7.23. The molecule has 1 saturated heterocycles. The van der Waals surface area contributed by atoms with Crippen LogP contribution >= 0.6 is 0 Å². The predicted molar refractivity (Wildman–Crippen MR) is 88.3 cm³/mol. The Bertz CT molecular complexity index is 574. The minimum atomic E-state index is -1.11. The number of ether oxygens (including phenoxy) is 1. The molecule has 0 unspecified atom stereocenters. The van der Waals surface area contributed by atoms with Gasteiger partial charge in [-0.15, -0.1) is 0 Å². The molecule has 1 aromatic rings. The molecule has 0 bridgehead atoms. The van der Waals surface area contributed by atoms with Crippen LogP contribution in [0.2, 0.25) is 0 Å². The van der Waals surface area contributed by atoms with Crippen molar-refractivity contribution in [1.82, 2.24) is 5.32 Å². The first-order valence-corrected chi connectivity index (χ1v) is 7.76. The molecule has 1 aromatic carbocycles. The topological polar surface area (TPSA) is 119 Å². The molecule has 7 nitrogen and oxygen atoms in total. The average molecular weight is 336 g/mol. The number of hydrogen-bond donors (Lipinski definition) is 3. The summed E-state index contributed by atoms with van der Waals surface area (Å²) in [6.07, 6.45) is 0.830. The molecule has 24 heavy (non-hydrogen) atoms. The van der Waals surface area contributed by atoms with Crippen molar-refractivity contribution < 1.29 is 24.2 Å². The van der Waals surface area contributed by atoms with Crippen LogP contribution in [0.4, 0.5) is 4.79 Å². The fourth-order valence-corrected chi connectivity index (χ4v) is 2.13. The van der Waals surface area contributed by atoms with Crippen LogP contribution in [-0.2, 0) is 20.7 Å². The fourth-order valence-electron chi connectivity index (χ4n) is 2.13. The van der Waals surface area contributed by atoms with Gasteiger partial charge in [0.25, 0.3) is 0 Å². The Hall–Kier alpha value is -2.57. The lowest BCUT2D eigenvalue weighted by atomic mass is 9.91. The zero-order valence-electron chi connectivity index (χ0n) is 14.0. The number of cyclic esters (lactones) is 1. The molecular formula is C17H24N2O5. The van der Waals surface area contributed by atoms with Crippen molar-refractivity contribution in [2.75, 3.05) is 6.61 Å². The highest BCUT2D eigenvalue weighted by Gasteiger charge is 2.45. The van der Waals surface area contributed by atoms with E-state index >= 15 is 0 Å². The lowest BCUT2D eigenvalue weighted by Crippen LogP contribution is -2.56. The Morgan fingerprint density at radius 3 is 2.33 bits per heavy atom. The van der Waals surface area contributed by atoms with Crippen molar-refractivity contribution >= 4 is 18.0 Å². The third kappa shape index (κ3) is 6.28. The van der Waals surface area contributed by atoms with Crippen LogP contribution in [0.1, 0.15) is 32.3 Å². The van der Waals surface area contributed by atoms with E-state index in [0.717, 1.165) is 12.0 Å². The summed E-state index contributed by atoms with van der Waals surface area (Å²) in [5, 5.41) is 10.6. The summed E-state index contributed by atoms with van der Waals surface area (Å²) in [5.41, 5.74) is 5.12. The van der Waals surface area contributed by atoms with E-state index in [1.807, 2.05) is 44.2 Å². The highest BCUT2D eigenvalue weighted by Crippen LogP contribution is 2.18. The Labute approximate surface area is 141 Å². The van der Waals surface area contributed by atoms with E-state index in [9.17, 15) is 14.4 Å². The summed E-state index contributed by atoms with van der Waals surface area (Å²) >= 11 is 0. The van der Waals surface area contributed by atoms with Gasteiger partial charge in [-0.3, -0.25) is 9.59 Å². The van der Waals surface area contributed by atoms with Crippen LogP contribution in [0.15, 0.2) is 30.3 Å². The maximum atomic E-state index is 11.4. The number of aliphatic carboxylic acids is 1. The van der Waals surface area contributed by atoms with E-state index in [1.165, 1.54) is 0 Å². The van der Waals surface area contributed by atoms with Gasteiger partial charge < -0.3 is 20.9 Å². The summed E-state index contributed by atoms with van der Waals surface area (Å²) in [5.74, 6) is -0.771. The SMILES string of the molecule is CC(C)CCC(=O)O.NC(=O)[C@]1(Cc2ccccc2)COC(=O)N1. The van der Waals surface area contributed by atoms with E-state index in [0.29, 0.717) is 18.8 Å². The van der Waals surface area contributed by atoms with Crippen molar-refractivity contribution in [2.45, 2.75) is 38.6 Å². The number of nitrogens with one attached hydrogen (secondary N) is 1. The van der Waals surface area contributed by atoms with Crippen LogP contribution in [0.3, 0.4) is 0 Å². The molecule has 1 heterocycles. The Morgan fingerprint density at radius 2 is 1.96 bits per heavy atom. The van der Waals surface area contributed by atoms with E-state index in [2.05, 4.69) is 5.32 Å². The second kappa shape index (κ2) is 8.90. The second-order valence-corrected chi connectivity index (χ2v) is 6.14. The highest BCUT2D eigenvalue weighted by atomic mass is 16.6. The molecule has 2 amide bonds. The fraction of sp³-hybridized carbons (Fsp3) is 0.471. The van der Waals surface area contributed by atoms with Gasteiger partial charge in [-0.1, -0.05) is 44.2 Å². The van der Waals surface area contributed by atoms with Gasteiger partial charge in [-0.25, -0.2) is 4.79 Å². The van der Waals surface area contributed by atoms with Crippen molar-refractivity contribution in [3.8, 4) is 0 Å². The minimum Gasteiger partial charge on any atom is -0.481 e. The van der Waals surface area contributed by atoms with Crippen molar-refractivity contribution in [3.63, 3.8) is 0 Å². The lowest BCUT2D eigenvalue weighted by molar-refractivity contribution is -0.137. The van der Waals surface area contributed by atoms with Gasteiger partial charge in [0, 0.05) is 12.8 Å². The largest absolute Gasteiger partial charge is 0.481 e. The van der Waals surface area contributed by atoms with E-state index < -0.39 is 23.5 Å². The average Bonchev–Trinajstić information content (AvgIpc) is 2.89. The van der Waals surface area contributed by atoms with Gasteiger partial charge in [-0.05, 0) is 17.9 Å². The number of carbonyl (C=O) groups excluding carboxylic acids is 2.